The zero-order chi connectivity index (χ0) is 21.8. The van der Waals surface area contributed by atoms with Crippen LogP contribution in [0.1, 0.15) is 35.3 Å². The van der Waals surface area contributed by atoms with Gasteiger partial charge in [0.1, 0.15) is 0 Å². The molecule has 0 radical (unpaired) electrons. The summed E-state index contributed by atoms with van der Waals surface area (Å²) in [6, 6.07) is 19.4. The van der Waals surface area contributed by atoms with Crippen LogP contribution in [0.5, 0.6) is 0 Å². The molecule has 0 unspecified atom stereocenters. The lowest BCUT2D eigenvalue weighted by molar-refractivity contribution is -0.137. The molecule has 0 N–H and O–H groups in total. The van der Waals surface area contributed by atoms with Crippen LogP contribution in [0.15, 0.2) is 73.1 Å². The van der Waals surface area contributed by atoms with E-state index in [0.29, 0.717) is 38.3 Å². The summed E-state index contributed by atoms with van der Waals surface area (Å²) < 4.78 is 1.85. The molecule has 1 aliphatic heterocycles. The van der Waals surface area contributed by atoms with Gasteiger partial charge >= 0.3 is 0 Å². The number of piperazine rings is 1. The smallest absolute Gasteiger partial charge is 0.253 e. The Morgan fingerprint density at radius 1 is 0.871 bits per heavy atom. The molecule has 2 heterocycles. The largest absolute Gasteiger partial charge is 0.338 e. The molecule has 0 atom stereocenters. The number of nitrogens with zero attached hydrogens (tertiary/aromatic N) is 4. The van der Waals surface area contributed by atoms with Crippen LogP contribution in [0.3, 0.4) is 0 Å². The highest BCUT2D eigenvalue weighted by molar-refractivity contribution is 5.94. The van der Waals surface area contributed by atoms with Gasteiger partial charge in [0, 0.05) is 44.1 Å². The van der Waals surface area contributed by atoms with Gasteiger partial charge in [-0.3, -0.25) is 14.3 Å². The number of rotatable bonds is 5. The number of amides is 2. The zero-order valence-electron chi connectivity index (χ0n) is 18.1. The quantitative estimate of drug-likeness (QED) is 0.642. The third-order valence-corrected chi connectivity index (χ3v) is 5.99. The van der Waals surface area contributed by atoms with E-state index in [0.717, 1.165) is 11.1 Å². The van der Waals surface area contributed by atoms with Gasteiger partial charge in [-0.1, -0.05) is 42.5 Å². The zero-order valence-corrected chi connectivity index (χ0v) is 18.1. The molecule has 4 rings (SSSR count). The second kappa shape index (κ2) is 8.76. The molecule has 3 aromatic rings. The summed E-state index contributed by atoms with van der Waals surface area (Å²) in [4.78, 5) is 29.8. The van der Waals surface area contributed by atoms with Crippen molar-refractivity contribution in [3.05, 3.63) is 89.7 Å². The van der Waals surface area contributed by atoms with Crippen molar-refractivity contribution in [2.45, 2.75) is 25.8 Å². The Labute approximate surface area is 183 Å². The standard InChI is InChI=1S/C25H28N4O2/c1-25(2,22-7-4-3-5-8-22)24(31)28-17-15-27(16-18-28)23(30)21-11-9-20(10-12-21)19-29-14-6-13-26-29/h3-14H,15-19H2,1-2H3. The van der Waals surface area contributed by atoms with Gasteiger partial charge in [0.2, 0.25) is 5.91 Å². The van der Waals surface area contributed by atoms with Crippen molar-refractivity contribution in [1.82, 2.24) is 19.6 Å². The highest BCUT2D eigenvalue weighted by atomic mass is 16.2. The fourth-order valence-electron chi connectivity index (χ4n) is 4.00. The summed E-state index contributed by atoms with van der Waals surface area (Å²) >= 11 is 0. The van der Waals surface area contributed by atoms with Crippen LogP contribution in [0, 0.1) is 0 Å². The number of hydrogen-bond donors (Lipinski definition) is 0. The van der Waals surface area contributed by atoms with E-state index >= 15 is 0 Å². The molecule has 6 heteroatoms. The lowest BCUT2D eigenvalue weighted by atomic mass is 9.83. The monoisotopic (exact) mass is 416 g/mol. The highest BCUT2D eigenvalue weighted by Crippen LogP contribution is 2.26. The Bertz CT molecular complexity index is 1020. The average molecular weight is 417 g/mol. The molecule has 1 aliphatic rings. The van der Waals surface area contributed by atoms with Crippen molar-refractivity contribution in [2.75, 3.05) is 26.2 Å². The molecular formula is C25H28N4O2. The van der Waals surface area contributed by atoms with E-state index in [1.165, 1.54) is 0 Å². The minimum Gasteiger partial charge on any atom is -0.338 e. The Kier molecular flexibility index (Phi) is 5.89. The van der Waals surface area contributed by atoms with E-state index in [1.807, 2.05) is 95.2 Å². The van der Waals surface area contributed by atoms with Gasteiger partial charge in [0.25, 0.3) is 5.91 Å². The molecule has 0 saturated carbocycles. The van der Waals surface area contributed by atoms with E-state index in [2.05, 4.69) is 5.10 Å². The fraction of sp³-hybridized carbons (Fsp3) is 0.320. The van der Waals surface area contributed by atoms with Crippen molar-refractivity contribution in [2.24, 2.45) is 0 Å². The molecule has 0 bridgehead atoms. The molecule has 2 aromatic carbocycles. The van der Waals surface area contributed by atoms with E-state index in [-0.39, 0.29) is 11.8 Å². The molecule has 1 fully saturated rings. The average Bonchev–Trinajstić information content (AvgIpc) is 3.32. The van der Waals surface area contributed by atoms with Gasteiger partial charge in [0.15, 0.2) is 0 Å². The van der Waals surface area contributed by atoms with Crippen molar-refractivity contribution in [3.8, 4) is 0 Å². The van der Waals surface area contributed by atoms with E-state index in [4.69, 9.17) is 0 Å². The lowest BCUT2D eigenvalue weighted by Crippen LogP contribution is -2.54. The topological polar surface area (TPSA) is 58.4 Å². The van der Waals surface area contributed by atoms with Crippen LogP contribution < -0.4 is 0 Å². The number of aromatic nitrogens is 2. The second-order valence-corrected chi connectivity index (χ2v) is 8.48. The predicted octanol–water partition coefficient (Wildman–Crippen LogP) is 3.19. The Morgan fingerprint density at radius 2 is 1.52 bits per heavy atom. The van der Waals surface area contributed by atoms with Crippen molar-refractivity contribution < 1.29 is 9.59 Å². The molecule has 6 nitrogen and oxygen atoms in total. The Morgan fingerprint density at radius 3 is 2.13 bits per heavy atom. The number of hydrogen-bond acceptors (Lipinski definition) is 3. The number of benzene rings is 2. The van der Waals surface area contributed by atoms with Crippen molar-refractivity contribution in [1.29, 1.82) is 0 Å². The minimum atomic E-state index is -0.585. The van der Waals surface area contributed by atoms with Crippen molar-refractivity contribution in [3.63, 3.8) is 0 Å². The van der Waals surface area contributed by atoms with E-state index in [9.17, 15) is 9.59 Å². The van der Waals surface area contributed by atoms with Gasteiger partial charge in [-0.05, 0) is 43.2 Å². The first-order chi connectivity index (χ1) is 14.9. The maximum absolute atomic E-state index is 13.2. The van der Waals surface area contributed by atoms with Gasteiger partial charge in [-0.25, -0.2) is 0 Å². The van der Waals surface area contributed by atoms with Gasteiger partial charge in [0.05, 0.1) is 12.0 Å². The summed E-state index contributed by atoms with van der Waals surface area (Å²) in [6.45, 7) is 6.81. The number of carbonyl (C=O) groups excluding carboxylic acids is 2. The van der Waals surface area contributed by atoms with Crippen LogP contribution in [0.2, 0.25) is 0 Å². The summed E-state index contributed by atoms with van der Waals surface area (Å²) in [6.07, 6.45) is 3.67. The molecule has 1 aromatic heterocycles. The first-order valence-electron chi connectivity index (χ1n) is 10.7. The molecule has 0 aliphatic carbocycles. The second-order valence-electron chi connectivity index (χ2n) is 8.48. The van der Waals surface area contributed by atoms with Crippen LogP contribution in [-0.4, -0.2) is 57.6 Å². The predicted molar refractivity (Wildman–Crippen MR) is 120 cm³/mol. The van der Waals surface area contributed by atoms with Crippen molar-refractivity contribution >= 4 is 11.8 Å². The third-order valence-electron chi connectivity index (χ3n) is 5.99. The molecule has 0 spiro atoms. The maximum atomic E-state index is 13.2. The molecule has 2 amide bonds. The maximum Gasteiger partial charge on any atom is 0.253 e. The van der Waals surface area contributed by atoms with Crippen LogP contribution in [0.25, 0.3) is 0 Å². The van der Waals surface area contributed by atoms with Crippen LogP contribution in [0.4, 0.5) is 0 Å². The number of carbonyl (C=O) groups is 2. The SMILES string of the molecule is CC(C)(C(=O)N1CCN(C(=O)c2ccc(Cn3cccn3)cc2)CC1)c1ccccc1. The van der Waals surface area contributed by atoms with Gasteiger partial charge in [-0.15, -0.1) is 0 Å². The van der Waals surface area contributed by atoms with Crippen LogP contribution in [-0.2, 0) is 16.8 Å². The minimum absolute atomic E-state index is 0.0139. The highest BCUT2D eigenvalue weighted by Gasteiger charge is 2.35. The Hall–Kier alpha value is -3.41. The third kappa shape index (κ3) is 4.53. The summed E-state index contributed by atoms with van der Waals surface area (Å²) in [5, 5.41) is 4.21. The molecule has 160 valence electrons. The molecule has 31 heavy (non-hydrogen) atoms. The van der Waals surface area contributed by atoms with Gasteiger partial charge < -0.3 is 9.80 Å². The molecule has 1 saturated heterocycles. The molecular weight excluding hydrogens is 388 g/mol. The fourth-order valence-corrected chi connectivity index (χ4v) is 4.00. The Balaban J connectivity index is 1.35. The summed E-state index contributed by atoms with van der Waals surface area (Å²) in [7, 11) is 0. The lowest BCUT2D eigenvalue weighted by Gasteiger charge is -2.38. The normalized spacial score (nSPS) is 14.5. The summed E-state index contributed by atoms with van der Waals surface area (Å²) in [5.74, 6) is 0.119. The first kappa shape index (κ1) is 20.8. The van der Waals surface area contributed by atoms with E-state index in [1.54, 1.807) is 6.20 Å². The van der Waals surface area contributed by atoms with E-state index < -0.39 is 5.41 Å². The first-order valence-corrected chi connectivity index (χ1v) is 10.7. The van der Waals surface area contributed by atoms with Crippen LogP contribution >= 0.6 is 0 Å². The summed E-state index contributed by atoms with van der Waals surface area (Å²) in [5.41, 5.74) is 2.19. The van der Waals surface area contributed by atoms with Gasteiger partial charge in [-0.2, -0.15) is 5.10 Å².